The van der Waals surface area contributed by atoms with Gasteiger partial charge in [-0.15, -0.1) is 68.0 Å². The molecule has 6 aromatic heterocycles. The van der Waals surface area contributed by atoms with E-state index < -0.39 is 0 Å². The second-order valence-corrected chi connectivity index (χ2v) is 49.7. The lowest BCUT2D eigenvalue weighted by Crippen LogP contribution is -2.25. The lowest BCUT2D eigenvalue weighted by Gasteiger charge is -2.33. The smallest absolute Gasteiger partial charge is 0.333 e. The number of unbranched alkanes of at least 4 members (excludes halogenated alkanes) is 28. The number of fused-ring (bicyclic) bond motifs is 9. The molecule has 8 aromatic carbocycles. The van der Waals surface area contributed by atoms with Gasteiger partial charge >= 0.3 is 11.9 Å². The zero-order chi connectivity index (χ0) is 104. The van der Waals surface area contributed by atoms with Crippen LogP contribution in [0.4, 0.5) is 0 Å². The lowest BCUT2D eigenvalue weighted by atomic mass is 9.70. The Balaban J connectivity index is 0.000000229. The van der Waals surface area contributed by atoms with Crippen molar-refractivity contribution in [2.45, 2.75) is 355 Å². The van der Waals surface area contributed by atoms with Crippen LogP contribution in [0.3, 0.4) is 0 Å². The number of carbonyl (C=O) groups excluding carboxylic acids is 2. The average molecular weight is 2100 g/mol. The van der Waals surface area contributed by atoms with Gasteiger partial charge in [-0.25, -0.2) is 9.59 Å². The highest BCUT2D eigenvalue weighted by atomic mass is 32.1. The van der Waals surface area contributed by atoms with Gasteiger partial charge in [0.25, 0.3) is 0 Å². The van der Waals surface area contributed by atoms with Crippen molar-refractivity contribution < 1.29 is 28.5 Å². The minimum atomic E-state index is -0.280. The molecule has 17 rings (SSSR count). The monoisotopic (exact) mass is 2100 g/mol. The van der Waals surface area contributed by atoms with Crippen LogP contribution in [0, 0.1) is 13.8 Å². The van der Waals surface area contributed by atoms with E-state index in [1.807, 2.05) is 68.0 Å². The largest absolute Gasteiger partial charge is 0.494 e. The molecule has 0 radical (unpaired) electrons. The molecular weight excluding hydrogens is 1930 g/mol. The number of benzene rings is 8. The van der Waals surface area contributed by atoms with Gasteiger partial charge in [-0.2, -0.15) is 0 Å². The van der Waals surface area contributed by atoms with Crippen LogP contribution < -0.4 is 9.47 Å². The Morgan fingerprint density at radius 2 is 0.450 bits per heavy atom. The Morgan fingerprint density at radius 1 is 0.228 bits per heavy atom. The van der Waals surface area contributed by atoms with Crippen molar-refractivity contribution >= 4 is 80.0 Å². The normalized spacial score (nSPS) is 13.1. The second-order valence-electron chi connectivity index (χ2n) is 43.0. The Hall–Kier alpha value is -10.0. The van der Waals surface area contributed by atoms with Gasteiger partial charge in [-0.05, 0) is 349 Å². The minimum Gasteiger partial charge on any atom is -0.494 e. The fourth-order valence-electron chi connectivity index (χ4n) is 23.3. The number of carbonyl (C=O) groups is 2. The Kier molecular flexibility index (Phi) is 41.6. The zero-order valence-corrected chi connectivity index (χ0v) is 96.2. The van der Waals surface area contributed by atoms with Crippen molar-refractivity contribution in [1.82, 2.24) is 0 Å². The number of rotatable bonds is 61. The first-order chi connectivity index (χ1) is 72.9. The van der Waals surface area contributed by atoms with Crippen molar-refractivity contribution in [3.63, 3.8) is 0 Å². The number of ether oxygens (including phenoxy) is 4. The van der Waals surface area contributed by atoms with E-state index in [2.05, 4.69) is 299 Å². The molecule has 3 aliphatic rings. The molecule has 0 spiro atoms. The summed E-state index contributed by atoms with van der Waals surface area (Å²) in [5, 5.41) is 0. The Morgan fingerprint density at radius 3 is 0.732 bits per heavy atom. The summed E-state index contributed by atoms with van der Waals surface area (Å²) in [6.45, 7) is 31.7. The number of esters is 2. The predicted molar refractivity (Wildman–Crippen MR) is 648 cm³/mol. The topological polar surface area (TPSA) is 71.1 Å². The molecule has 3 aliphatic carbocycles. The molecule has 0 atom stereocenters. The molecule has 0 N–H and O–H groups in total. The molecule has 0 unspecified atom stereocenters. The molecule has 0 bridgehead atoms. The van der Waals surface area contributed by atoms with Crippen LogP contribution >= 0.6 is 68.0 Å². The van der Waals surface area contributed by atoms with E-state index in [1.54, 1.807) is 25.0 Å². The number of aryl methyl sites for hydroxylation is 2. The van der Waals surface area contributed by atoms with Crippen molar-refractivity contribution in [2.24, 2.45) is 0 Å². The molecule has 14 aromatic rings. The SMILES string of the molecule is C=C(C)C(=O)OCCCCCCCCCCOc1ccc(-c2ccc(-c3ccc4c(c3)C(CCCC)(CCCC)c3cc(-c5ccc(-c6ccc(-c7ccc8c(c7)C(CCCCCCCC)(CCCCCCCC)c7cc(C)ccc7-8)s6)s5)ccc3-4)s2)cc1.C=C(C)C(=O)OCCCCCCCCCCOc1ccc(-c2ccc(-c3ccc4c(c3)C(CCCC)(CCCC)c3cc(-c5ccc(-c6ccc(C)s6)s5)ccc3-4)s2)cc1. The summed E-state index contributed by atoms with van der Waals surface area (Å²) in [6, 6.07) is 89.9. The van der Waals surface area contributed by atoms with Gasteiger partial charge < -0.3 is 18.9 Å². The van der Waals surface area contributed by atoms with Crippen molar-refractivity contribution in [3.05, 3.63) is 299 Å². The Labute approximate surface area is 918 Å². The molecule has 0 fully saturated rings. The minimum absolute atomic E-state index is 0.0224. The summed E-state index contributed by atoms with van der Waals surface area (Å²) in [4.78, 5) is 39.1. The van der Waals surface area contributed by atoms with Gasteiger partial charge in [-0.1, -0.05) is 345 Å². The van der Waals surface area contributed by atoms with Crippen molar-refractivity contribution in [2.75, 3.05) is 26.4 Å². The molecule has 0 amide bonds. The van der Waals surface area contributed by atoms with Gasteiger partial charge in [0.05, 0.1) is 26.4 Å². The first-order valence-electron chi connectivity index (χ1n) is 57.4. The third kappa shape index (κ3) is 28.0. The lowest BCUT2D eigenvalue weighted by molar-refractivity contribution is -0.139. The van der Waals surface area contributed by atoms with E-state index in [0.29, 0.717) is 24.4 Å². The van der Waals surface area contributed by atoms with E-state index in [-0.39, 0.29) is 28.2 Å². The number of hydrogen-bond donors (Lipinski definition) is 0. The molecule has 6 nitrogen and oxygen atoms in total. The van der Waals surface area contributed by atoms with E-state index in [0.717, 1.165) is 63.2 Å². The fourth-order valence-corrected chi connectivity index (χ4v) is 29.4. The van der Waals surface area contributed by atoms with E-state index in [9.17, 15) is 9.59 Å². The maximum atomic E-state index is 11.5. The molecule has 0 saturated heterocycles. The molecule has 12 heteroatoms. The molecule has 0 saturated carbocycles. The second kappa shape index (κ2) is 55.5. The van der Waals surface area contributed by atoms with Gasteiger partial charge in [-0.3, -0.25) is 0 Å². The maximum absolute atomic E-state index is 11.5. The van der Waals surface area contributed by atoms with Crippen LogP contribution in [0.25, 0.3) is 126 Å². The highest BCUT2D eigenvalue weighted by Gasteiger charge is 2.46. The van der Waals surface area contributed by atoms with Crippen LogP contribution in [-0.2, 0) is 35.3 Å². The third-order valence-corrected chi connectivity index (χ3v) is 38.9. The summed E-state index contributed by atoms with van der Waals surface area (Å²) in [5.41, 5.74) is 29.6. The number of thiophene rings is 6. The highest BCUT2D eigenvalue weighted by molar-refractivity contribution is 7.25. The van der Waals surface area contributed by atoms with Crippen molar-refractivity contribution in [3.8, 4) is 137 Å². The highest BCUT2D eigenvalue weighted by Crippen LogP contribution is 2.61. The summed E-state index contributed by atoms with van der Waals surface area (Å²) < 4.78 is 22.7. The van der Waals surface area contributed by atoms with Gasteiger partial charge in [0.15, 0.2) is 0 Å². The van der Waals surface area contributed by atoms with Crippen LogP contribution in [-0.4, -0.2) is 38.4 Å². The Bertz CT molecular complexity index is 6650. The zero-order valence-electron chi connectivity index (χ0n) is 91.3. The first kappa shape index (κ1) is 112. The molecular formula is C137H164O6S6. The van der Waals surface area contributed by atoms with Crippen LogP contribution in [0.1, 0.15) is 369 Å². The predicted octanol–water partition coefficient (Wildman–Crippen LogP) is 43.7. The van der Waals surface area contributed by atoms with Crippen LogP contribution in [0.15, 0.2) is 255 Å². The van der Waals surface area contributed by atoms with Gasteiger partial charge in [0.1, 0.15) is 11.5 Å². The van der Waals surface area contributed by atoms with Crippen LogP contribution in [0.2, 0.25) is 0 Å². The number of hydrogen-bond acceptors (Lipinski definition) is 12. The van der Waals surface area contributed by atoms with Gasteiger partial charge in [0.2, 0.25) is 0 Å². The molecule has 784 valence electrons. The summed E-state index contributed by atoms with van der Waals surface area (Å²) in [7, 11) is 0. The molecule has 0 aliphatic heterocycles. The summed E-state index contributed by atoms with van der Waals surface area (Å²) in [5.74, 6) is 1.32. The molecule has 6 heterocycles. The van der Waals surface area contributed by atoms with E-state index in [4.69, 9.17) is 18.9 Å². The maximum Gasteiger partial charge on any atom is 0.333 e. The van der Waals surface area contributed by atoms with E-state index >= 15 is 0 Å². The summed E-state index contributed by atoms with van der Waals surface area (Å²) >= 11 is 11.5. The average Bonchev–Trinajstić information content (AvgIpc) is 1.57. The van der Waals surface area contributed by atoms with Gasteiger partial charge in [0, 0.05) is 85.9 Å². The summed E-state index contributed by atoms with van der Waals surface area (Å²) in [6.07, 6.45) is 51.2. The van der Waals surface area contributed by atoms with Crippen LogP contribution in [0.5, 0.6) is 11.5 Å². The molecule has 149 heavy (non-hydrogen) atoms. The van der Waals surface area contributed by atoms with E-state index in [1.165, 1.54) is 390 Å². The standard InChI is InChI=1S/C83H102O3S3.C54H62O3S3/c1-8-12-16-18-24-28-52-83(53-29-25-19-17-13-9-2)71-56-61(7)32-40-67(71)68-41-36-65(59-74(68)83)78-47-49-80(89-78)79-48-46-77(88-79)64-37-43-70-69-42-35-63(57-72(69)82(50-14-10-3,51-15-11-4)73(70)58-64)76-45-44-75(87-76)62-33-38-66(39-34-62)85-54-30-26-22-20-21-23-27-31-55-86-81(84)60(5)6;1-6-8-32-54(33-9-7-2)46-36-41(21-25-44(46)45-26-22-42(37-47(45)54)50-30-31-52(60-50)51-27-18-39(5)58-51)49-29-28-48(59-49)40-19-23-43(24-20-40)56-34-16-14-12-10-11-13-15-17-35-57-53(55)38(3)4/h32-49,56-59H,5,8-31,50-55H2,1-4,6-7H3;18-31,36-37H,3,6-17,32-35H2,1-2,4-5H3. The third-order valence-electron chi connectivity index (χ3n) is 31.7. The quantitative estimate of drug-likeness (QED) is 0.0215. The fraction of sp³-hybridized carbons (Fsp3) is 0.431. The first-order valence-corrected chi connectivity index (χ1v) is 62.3. The van der Waals surface area contributed by atoms with Crippen molar-refractivity contribution in [1.29, 1.82) is 0 Å².